The second-order valence-corrected chi connectivity index (χ2v) is 11.0. The quantitative estimate of drug-likeness (QED) is 0.292. The monoisotopic (exact) mass is 480 g/mol. The van der Waals surface area contributed by atoms with Crippen molar-refractivity contribution in [2.45, 2.75) is 29.6 Å². The van der Waals surface area contributed by atoms with Gasteiger partial charge in [-0.15, -0.1) is 0 Å². The molecule has 2 bridgehead atoms. The van der Waals surface area contributed by atoms with Gasteiger partial charge in [0.25, 0.3) is 0 Å². The molecule has 0 N–H and O–H groups in total. The first-order valence-corrected chi connectivity index (χ1v) is 13.4. The Kier molecular flexibility index (Phi) is 4.46. The zero-order valence-corrected chi connectivity index (χ0v) is 20.5. The lowest BCUT2D eigenvalue weighted by Gasteiger charge is -2.43. The molecule has 4 aliphatic rings. The van der Waals surface area contributed by atoms with E-state index in [1.54, 1.807) is 0 Å². The summed E-state index contributed by atoms with van der Waals surface area (Å²) in [6, 6.07) is 43.5. The van der Waals surface area contributed by atoms with Crippen LogP contribution in [0.15, 0.2) is 142 Å². The minimum absolute atomic E-state index is 0.168. The van der Waals surface area contributed by atoms with Crippen molar-refractivity contribution in [2.24, 2.45) is 44.1 Å². The third-order valence-corrected chi connectivity index (χ3v) is 9.60. The van der Waals surface area contributed by atoms with Crippen molar-refractivity contribution in [2.75, 3.05) is 0 Å². The van der Waals surface area contributed by atoms with Crippen LogP contribution >= 0.6 is 0 Å². The second-order valence-electron chi connectivity index (χ2n) is 11.0. The SMILES string of the molecule is c1ccc(C2(c3ccccc3)N=N[C@@H]3[C@H]4C[C@@H]([C@@H]5N=NC(c6ccccc6)(c6ccccc6)[C@@H]45)[C@H]32)cc1. The maximum Gasteiger partial charge on any atom is 0.137 e. The van der Waals surface area contributed by atoms with E-state index < -0.39 is 11.1 Å². The summed E-state index contributed by atoms with van der Waals surface area (Å²) in [6.07, 6.45) is 1.13. The van der Waals surface area contributed by atoms with Crippen molar-refractivity contribution < 1.29 is 0 Å². The molecular weight excluding hydrogens is 452 g/mol. The van der Waals surface area contributed by atoms with Gasteiger partial charge >= 0.3 is 0 Å². The van der Waals surface area contributed by atoms with Gasteiger partial charge in [0.05, 0.1) is 12.1 Å². The van der Waals surface area contributed by atoms with Crippen molar-refractivity contribution in [1.29, 1.82) is 0 Å². The summed E-state index contributed by atoms with van der Waals surface area (Å²) >= 11 is 0. The average Bonchev–Trinajstić information content (AvgIpc) is 3.74. The highest BCUT2D eigenvalue weighted by Gasteiger charge is 2.72. The molecule has 0 spiro atoms. The summed E-state index contributed by atoms with van der Waals surface area (Å²) in [5, 5.41) is 20.7. The summed E-state index contributed by atoms with van der Waals surface area (Å²) in [5.41, 5.74) is 3.97. The lowest BCUT2D eigenvalue weighted by atomic mass is 9.59. The fourth-order valence-electron chi connectivity index (χ4n) is 8.33. The van der Waals surface area contributed by atoms with E-state index >= 15 is 0 Å². The normalized spacial score (nSPS) is 31.4. The van der Waals surface area contributed by atoms with E-state index in [0.717, 1.165) is 6.42 Å². The average molecular weight is 481 g/mol. The molecule has 0 aromatic heterocycles. The van der Waals surface area contributed by atoms with Gasteiger partial charge in [0.15, 0.2) is 0 Å². The zero-order chi connectivity index (χ0) is 24.5. The summed E-state index contributed by atoms with van der Waals surface area (Å²) < 4.78 is 0. The van der Waals surface area contributed by atoms with Crippen molar-refractivity contribution >= 4 is 0 Å². The number of hydrogen-bond acceptors (Lipinski definition) is 4. The molecule has 8 rings (SSSR count). The van der Waals surface area contributed by atoms with Crippen LogP contribution in [0, 0.1) is 23.7 Å². The van der Waals surface area contributed by atoms with Gasteiger partial charge < -0.3 is 0 Å². The Morgan fingerprint density at radius 2 is 0.730 bits per heavy atom. The Labute approximate surface area is 217 Å². The Hall–Kier alpha value is -3.92. The summed E-state index contributed by atoms with van der Waals surface area (Å²) in [6.45, 7) is 0. The number of fused-ring (bicyclic) bond motifs is 8. The maximum absolute atomic E-state index is 5.21. The highest BCUT2D eigenvalue weighted by atomic mass is 15.3. The van der Waals surface area contributed by atoms with Gasteiger partial charge in [-0.2, -0.15) is 20.5 Å². The maximum atomic E-state index is 5.21. The van der Waals surface area contributed by atoms with Gasteiger partial charge in [0.2, 0.25) is 0 Å². The number of nitrogens with zero attached hydrogens (tertiary/aromatic N) is 4. The van der Waals surface area contributed by atoms with E-state index in [2.05, 4.69) is 121 Å². The molecule has 0 radical (unpaired) electrons. The van der Waals surface area contributed by atoms with Crippen LogP contribution in [0.25, 0.3) is 0 Å². The predicted molar refractivity (Wildman–Crippen MR) is 143 cm³/mol. The van der Waals surface area contributed by atoms with Crippen LogP contribution in [0.1, 0.15) is 28.7 Å². The number of hydrogen-bond donors (Lipinski definition) is 0. The molecule has 2 aliphatic heterocycles. The number of azo groups is 2. The van der Waals surface area contributed by atoms with E-state index in [9.17, 15) is 0 Å². The molecule has 4 heteroatoms. The van der Waals surface area contributed by atoms with Crippen LogP contribution in [-0.4, -0.2) is 12.1 Å². The third kappa shape index (κ3) is 2.68. The molecule has 37 heavy (non-hydrogen) atoms. The van der Waals surface area contributed by atoms with Crippen LogP contribution in [0.3, 0.4) is 0 Å². The van der Waals surface area contributed by atoms with E-state index in [4.69, 9.17) is 20.5 Å². The van der Waals surface area contributed by atoms with Crippen LogP contribution in [0.2, 0.25) is 0 Å². The number of rotatable bonds is 4. The van der Waals surface area contributed by atoms with Gasteiger partial charge in [-0.1, -0.05) is 121 Å². The lowest BCUT2D eigenvalue weighted by Crippen LogP contribution is -2.50. The summed E-state index contributed by atoms with van der Waals surface area (Å²) in [4.78, 5) is 0. The molecule has 4 nitrogen and oxygen atoms in total. The van der Waals surface area contributed by atoms with Gasteiger partial charge in [-0.25, -0.2) is 0 Å². The lowest BCUT2D eigenvalue weighted by molar-refractivity contribution is 0.147. The standard InChI is InChI=1S/C33H28N4/c1-5-13-22(14-6-1)32(23-15-7-2-8-16-23)28-26-21-27(30(28)34-36-32)29-31(26)35-37-33(29,24-17-9-3-10-18-24)25-19-11-4-12-20-25/h1-20,26-31H,21H2/t26-,27+,28-,29+,30-,31+. The molecule has 0 unspecified atom stereocenters. The Bertz CT molecular complexity index is 1290. The molecule has 2 fully saturated rings. The Morgan fingerprint density at radius 3 is 1.03 bits per heavy atom. The van der Waals surface area contributed by atoms with Crippen LogP contribution in [0.4, 0.5) is 0 Å². The predicted octanol–water partition coefficient (Wildman–Crippen LogP) is 7.42. The van der Waals surface area contributed by atoms with Gasteiger partial charge in [0, 0.05) is 11.8 Å². The van der Waals surface area contributed by atoms with E-state index in [1.165, 1.54) is 22.3 Å². The molecule has 2 aliphatic carbocycles. The molecule has 4 aromatic rings. The second kappa shape index (κ2) is 7.79. The first-order valence-electron chi connectivity index (χ1n) is 13.4. The number of benzene rings is 4. The highest BCUT2D eigenvalue weighted by Crippen LogP contribution is 2.70. The molecule has 6 atom stereocenters. The van der Waals surface area contributed by atoms with Crippen LogP contribution < -0.4 is 0 Å². The molecule has 0 saturated heterocycles. The first kappa shape index (κ1) is 21.2. The molecule has 0 amide bonds. The molecular formula is C33H28N4. The smallest absolute Gasteiger partial charge is 0.137 e. The van der Waals surface area contributed by atoms with Gasteiger partial charge in [-0.05, 0) is 40.5 Å². The fourth-order valence-corrected chi connectivity index (χ4v) is 8.33. The van der Waals surface area contributed by atoms with Gasteiger partial charge in [0.1, 0.15) is 11.1 Å². The van der Waals surface area contributed by atoms with Crippen molar-refractivity contribution in [3.63, 3.8) is 0 Å². The topological polar surface area (TPSA) is 49.4 Å². The van der Waals surface area contributed by atoms with E-state index in [1.807, 2.05) is 0 Å². The largest absolute Gasteiger partial charge is 0.189 e. The third-order valence-electron chi connectivity index (χ3n) is 9.60. The first-order chi connectivity index (χ1) is 18.3. The highest BCUT2D eigenvalue weighted by molar-refractivity contribution is 5.47. The van der Waals surface area contributed by atoms with Crippen molar-refractivity contribution in [1.82, 2.24) is 0 Å². The minimum Gasteiger partial charge on any atom is -0.189 e. The van der Waals surface area contributed by atoms with Crippen molar-refractivity contribution in [3.05, 3.63) is 144 Å². The van der Waals surface area contributed by atoms with E-state index in [-0.39, 0.29) is 23.9 Å². The Morgan fingerprint density at radius 1 is 0.432 bits per heavy atom. The minimum atomic E-state index is -0.474. The molecule has 2 saturated carbocycles. The summed E-state index contributed by atoms with van der Waals surface area (Å²) in [5.74, 6) is 1.33. The van der Waals surface area contributed by atoms with Gasteiger partial charge in [-0.3, -0.25) is 0 Å². The van der Waals surface area contributed by atoms with Crippen molar-refractivity contribution in [3.8, 4) is 0 Å². The molecule has 180 valence electrons. The molecule has 2 heterocycles. The zero-order valence-electron chi connectivity index (χ0n) is 20.5. The Balaban J connectivity index is 1.29. The van der Waals surface area contributed by atoms with E-state index in [0.29, 0.717) is 11.8 Å². The molecule has 4 aromatic carbocycles. The van der Waals surface area contributed by atoms with Crippen LogP contribution in [-0.2, 0) is 11.1 Å². The fraction of sp³-hybridized carbons (Fsp3) is 0.273. The summed E-state index contributed by atoms with van der Waals surface area (Å²) in [7, 11) is 0. The van der Waals surface area contributed by atoms with Crippen LogP contribution in [0.5, 0.6) is 0 Å².